The summed E-state index contributed by atoms with van der Waals surface area (Å²) < 4.78 is 5.55. The van der Waals surface area contributed by atoms with Crippen molar-refractivity contribution in [1.82, 2.24) is 0 Å². The fraction of sp³-hybridized carbons (Fsp3) is 0.611. The molecule has 1 aromatic carbocycles. The Morgan fingerprint density at radius 3 is 2.30 bits per heavy atom. The van der Waals surface area contributed by atoms with E-state index in [2.05, 4.69) is 13.8 Å². The fourth-order valence-corrected chi connectivity index (χ4v) is 2.54. The summed E-state index contributed by atoms with van der Waals surface area (Å²) in [5.41, 5.74) is -0.349. The molecule has 0 aliphatic carbocycles. The molecule has 0 radical (unpaired) electrons. The minimum absolute atomic E-state index is 0.0814. The topological polar surface area (TPSA) is 26.3 Å². The number of esters is 1. The van der Waals surface area contributed by atoms with Crippen LogP contribution in [0.5, 0.6) is 5.75 Å². The first-order valence-electron chi connectivity index (χ1n) is 7.89. The van der Waals surface area contributed by atoms with Crippen LogP contribution in [-0.2, 0) is 4.79 Å². The molecule has 0 bridgehead atoms. The number of para-hydroxylation sites is 1. The third kappa shape index (κ3) is 5.36. The quantitative estimate of drug-likeness (QED) is 0.344. The Kier molecular flexibility index (Phi) is 7.35. The van der Waals surface area contributed by atoms with Crippen molar-refractivity contribution in [2.24, 2.45) is 5.41 Å². The van der Waals surface area contributed by atoms with E-state index in [1.807, 2.05) is 37.3 Å². The van der Waals surface area contributed by atoms with Crippen molar-refractivity contribution >= 4 is 5.97 Å². The second-order valence-corrected chi connectivity index (χ2v) is 5.82. The van der Waals surface area contributed by atoms with E-state index in [-0.39, 0.29) is 11.4 Å². The van der Waals surface area contributed by atoms with Gasteiger partial charge in [0.05, 0.1) is 5.41 Å². The van der Waals surface area contributed by atoms with E-state index >= 15 is 0 Å². The summed E-state index contributed by atoms with van der Waals surface area (Å²) in [5.74, 6) is 0.565. The van der Waals surface area contributed by atoms with E-state index in [1.165, 1.54) is 19.3 Å². The number of rotatable bonds is 9. The van der Waals surface area contributed by atoms with E-state index < -0.39 is 0 Å². The molecule has 0 amide bonds. The van der Waals surface area contributed by atoms with Crippen molar-refractivity contribution in [3.63, 3.8) is 0 Å². The van der Waals surface area contributed by atoms with Crippen molar-refractivity contribution in [1.29, 1.82) is 0 Å². The summed E-state index contributed by atoms with van der Waals surface area (Å²) >= 11 is 0. The summed E-state index contributed by atoms with van der Waals surface area (Å²) in [6.45, 7) is 6.38. The number of benzene rings is 1. The molecular weight excluding hydrogens is 248 g/mol. The number of hydrogen-bond donors (Lipinski definition) is 0. The molecule has 0 aliphatic rings. The van der Waals surface area contributed by atoms with Crippen LogP contribution in [0.3, 0.4) is 0 Å². The molecule has 0 aliphatic heterocycles. The van der Waals surface area contributed by atoms with Gasteiger partial charge >= 0.3 is 5.97 Å². The average molecular weight is 276 g/mol. The first-order chi connectivity index (χ1) is 9.62. The van der Waals surface area contributed by atoms with Crippen LogP contribution in [0.2, 0.25) is 0 Å². The summed E-state index contributed by atoms with van der Waals surface area (Å²) in [6, 6.07) is 9.37. The highest BCUT2D eigenvalue weighted by molar-refractivity contribution is 5.78. The van der Waals surface area contributed by atoms with Gasteiger partial charge in [0.15, 0.2) is 0 Å². The van der Waals surface area contributed by atoms with Crippen molar-refractivity contribution in [3.05, 3.63) is 30.3 Å². The van der Waals surface area contributed by atoms with Crippen molar-refractivity contribution in [3.8, 4) is 5.75 Å². The number of carbonyl (C=O) groups is 1. The van der Waals surface area contributed by atoms with Gasteiger partial charge in [0, 0.05) is 0 Å². The van der Waals surface area contributed by atoms with Crippen LogP contribution in [0.15, 0.2) is 30.3 Å². The predicted octanol–water partition coefficient (Wildman–Crippen LogP) is 5.37. The Bertz CT molecular complexity index is 386. The first kappa shape index (κ1) is 16.7. The largest absolute Gasteiger partial charge is 0.426 e. The Morgan fingerprint density at radius 1 is 1.00 bits per heavy atom. The minimum atomic E-state index is -0.349. The van der Waals surface area contributed by atoms with Gasteiger partial charge in [-0.15, -0.1) is 0 Å². The van der Waals surface area contributed by atoms with Crippen molar-refractivity contribution in [2.45, 2.75) is 65.7 Å². The molecule has 1 rings (SSSR count). The molecule has 0 fully saturated rings. The van der Waals surface area contributed by atoms with Crippen LogP contribution in [0, 0.1) is 5.41 Å². The van der Waals surface area contributed by atoms with Crippen LogP contribution < -0.4 is 4.74 Å². The zero-order chi connectivity index (χ0) is 14.8. The van der Waals surface area contributed by atoms with Gasteiger partial charge in [0.25, 0.3) is 0 Å². The normalized spacial score (nSPS) is 13.8. The Hall–Kier alpha value is -1.31. The van der Waals surface area contributed by atoms with E-state index in [1.54, 1.807) is 0 Å². The van der Waals surface area contributed by atoms with Crippen LogP contribution in [-0.4, -0.2) is 5.97 Å². The molecule has 20 heavy (non-hydrogen) atoms. The van der Waals surface area contributed by atoms with Crippen molar-refractivity contribution in [2.75, 3.05) is 0 Å². The SMILES string of the molecule is CCCCCCC(C)(CCC)C(=O)Oc1ccccc1. The summed E-state index contributed by atoms with van der Waals surface area (Å²) in [5, 5.41) is 0. The summed E-state index contributed by atoms with van der Waals surface area (Å²) in [6.07, 6.45) is 7.60. The fourth-order valence-electron chi connectivity index (χ4n) is 2.54. The van der Waals surface area contributed by atoms with Gasteiger partial charge in [0.1, 0.15) is 5.75 Å². The third-order valence-electron chi connectivity index (χ3n) is 3.83. The third-order valence-corrected chi connectivity index (χ3v) is 3.83. The second-order valence-electron chi connectivity index (χ2n) is 5.82. The zero-order valence-corrected chi connectivity index (χ0v) is 13.2. The van der Waals surface area contributed by atoms with E-state index in [0.717, 1.165) is 25.7 Å². The standard InChI is InChI=1S/C18H28O2/c1-4-6-7-11-15-18(3,14-5-2)17(19)20-16-12-9-8-10-13-16/h8-10,12-13H,4-7,11,14-15H2,1-3H3. The van der Waals surface area contributed by atoms with Gasteiger partial charge in [-0.25, -0.2) is 0 Å². The molecule has 0 heterocycles. The van der Waals surface area contributed by atoms with Gasteiger partial charge in [-0.05, 0) is 31.9 Å². The molecule has 2 heteroatoms. The molecule has 0 aromatic heterocycles. The lowest BCUT2D eigenvalue weighted by molar-refractivity contribution is -0.146. The Labute approximate surface area is 123 Å². The van der Waals surface area contributed by atoms with Gasteiger partial charge in [0.2, 0.25) is 0 Å². The van der Waals surface area contributed by atoms with E-state index in [0.29, 0.717) is 5.75 Å². The minimum Gasteiger partial charge on any atom is -0.426 e. The molecule has 1 unspecified atom stereocenters. The Balaban J connectivity index is 2.60. The number of carbonyl (C=O) groups excluding carboxylic acids is 1. The lowest BCUT2D eigenvalue weighted by Crippen LogP contribution is -2.32. The lowest BCUT2D eigenvalue weighted by atomic mass is 9.80. The molecule has 0 saturated heterocycles. The molecule has 0 spiro atoms. The molecule has 1 atom stereocenters. The highest BCUT2D eigenvalue weighted by atomic mass is 16.5. The van der Waals surface area contributed by atoms with E-state index in [9.17, 15) is 4.79 Å². The summed E-state index contributed by atoms with van der Waals surface area (Å²) in [4.78, 5) is 12.5. The van der Waals surface area contributed by atoms with Gasteiger partial charge in [-0.3, -0.25) is 4.79 Å². The van der Waals surface area contributed by atoms with Crippen LogP contribution in [0.4, 0.5) is 0 Å². The first-order valence-corrected chi connectivity index (χ1v) is 7.89. The number of unbranched alkanes of at least 4 members (excludes halogenated alkanes) is 3. The van der Waals surface area contributed by atoms with Crippen molar-refractivity contribution < 1.29 is 9.53 Å². The molecule has 0 N–H and O–H groups in total. The molecule has 112 valence electrons. The van der Waals surface area contributed by atoms with Crippen LogP contribution in [0.25, 0.3) is 0 Å². The number of hydrogen-bond acceptors (Lipinski definition) is 2. The summed E-state index contributed by atoms with van der Waals surface area (Å²) in [7, 11) is 0. The number of ether oxygens (including phenoxy) is 1. The van der Waals surface area contributed by atoms with Gasteiger partial charge in [-0.1, -0.05) is 64.2 Å². The molecule has 0 saturated carbocycles. The molecular formula is C18H28O2. The molecule has 1 aromatic rings. The Morgan fingerprint density at radius 2 is 1.70 bits per heavy atom. The van der Waals surface area contributed by atoms with Crippen LogP contribution >= 0.6 is 0 Å². The highest BCUT2D eigenvalue weighted by Gasteiger charge is 2.33. The smallest absolute Gasteiger partial charge is 0.317 e. The van der Waals surface area contributed by atoms with Crippen LogP contribution in [0.1, 0.15) is 65.7 Å². The second kappa shape index (κ2) is 8.78. The van der Waals surface area contributed by atoms with Gasteiger partial charge in [-0.2, -0.15) is 0 Å². The maximum atomic E-state index is 12.5. The maximum absolute atomic E-state index is 12.5. The lowest BCUT2D eigenvalue weighted by Gasteiger charge is -2.27. The van der Waals surface area contributed by atoms with Gasteiger partial charge < -0.3 is 4.74 Å². The monoisotopic (exact) mass is 276 g/mol. The van der Waals surface area contributed by atoms with E-state index in [4.69, 9.17) is 4.74 Å². The highest BCUT2D eigenvalue weighted by Crippen LogP contribution is 2.32. The average Bonchev–Trinajstić information content (AvgIpc) is 2.45. The predicted molar refractivity (Wildman–Crippen MR) is 83.9 cm³/mol. The zero-order valence-electron chi connectivity index (χ0n) is 13.2. The molecule has 2 nitrogen and oxygen atoms in total. The maximum Gasteiger partial charge on any atom is 0.317 e.